The maximum Gasteiger partial charge on any atom is 0.180 e. The maximum absolute atomic E-state index is 6.44. The zero-order valence-corrected chi connectivity index (χ0v) is 17.3. The second kappa shape index (κ2) is 9.85. The lowest BCUT2D eigenvalue weighted by Crippen LogP contribution is -2.25. The van der Waals surface area contributed by atoms with E-state index in [4.69, 9.17) is 49.0 Å². The summed E-state index contributed by atoms with van der Waals surface area (Å²) in [5.41, 5.74) is 1.84. The highest BCUT2D eigenvalue weighted by molar-refractivity contribution is 6.35. The van der Waals surface area contributed by atoms with Gasteiger partial charge in [-0.2, -0.15) is 0 Å². The Labute approximate surface area is 174 Å². The summed E-state index contributed by atoms with van der Waals surface area (Å²) in [6.07, 6.45) is 2.54. The zero-order valence-electron chi connectivity index (χ0n) is 15.1. The van der Waals surface area contributed by atoms with Crippen molar-refractivity contribution in [1.29, 1.82) is 0 Å². The minimum Gasteiger partial charge on any atom is -0.493 e. The number of halogens is 3. The number of benzene rings is 2. The quantitative estimate of drug-likeness (QED) is 0.600. The van der Waals surface area contributed by atoms with E-state index in [-0.39, 0.29) is 6.61 Å². The fraction of sp³-hybridized carbons (Fsp3) is 0.400. The third kappa shape index (κ3) is 5.66. The van der Waals surface area contributed by atoms with Gasteiger partial charge in [0, 0.05) is 35.3 Å². The van der Waals surface area contributed by atoms with Crippen molar-refractivity contribution in [2.45, 2.75) is 32.1 Å². The first-order chi connectivity index (χ1) is 13.1. The van der Waals surface area contributed by atoms with Crippen LogP contribution >= 0.6 is 34.8 Å². The fourth-order valence-corrected chi connectivity index (χ4v) is 3.74. The van der Waals surface area contributed by atoms with Gasteiger partial charge in [-0.15, -0.1) is 0 Å². The first-order valence-corrected chi connectivity index (χ1v) is 9.95. The highest BCUT2D eigenvalue weighted by atomic mass is 35.5. The molecule has 3 rings (SSSR count). The van der Waals surface area contributed by atoms with Crippen LogP contribution in [0.3, 0.4) is 0 Å². The summed E-state index contributed by atoms with van der Waals surface area (Å²) in [7, 11) is 1.59. The van der Waals surface area contributed by atoms with Crippen LogP contribution < -0.4 is 14.8 Å². The lowest BCUT2D eigenvalue weighted by molar-refractivity contribution is 0.110. The van der Waals surface area contributed by atoms with Gasteiger partial charge in [-0.1, -0.05) is 40.9 Å². The molecule has 4 nitrogen and oxygen atoms in total. The minimum atomic E-state index is 0.267. The van der Waals surface area contributed by atoms with Gasteiger partial charge in [-0.25, -0.2) is 0 Å². The molecule has 0 bridgehead atoms. The van der Waals surface area contributed by atoms with Crippen LogP contribution in [0.5, 0.6) is 11.5 Å². The molecule has 1 N–H and O–H groups in total. The standard InChI is InChI=1S/C20H22Cl3NO3/c1-25-19-8-13(10-24-11-16-3-2-6-26-16)7-18(23)20(19)27-12-14-4-5-15(21)9-17(14)22/h4-5,7-9,16,24H,2-3,6,10-12H2,1H3/t16-/m0/s1. The molecule has 0 aromatic heterocycles. The van der Waals surface area contributed by atoms with Crippen LogP contribution in [0.4, 0.5) is 0 Å². The van der Waals surface area contributed by atoms with Crippen LogP contribution in [0, 0.1) is 0 Å². The molecule has 1 aliphatic rings. The smallest absolute Gasteiger partial charge is 0.180 e. The van der Waals surface area contributed by atoms with E-state index in [1.54, 1.807) is 19.2 Å². The Morgan fingerprint density at radius 2 is 2.00 bits per heavy atom. The molecule has 0 radical (unpaired) electrons. The van der Waals surface area contributed by atoms with Crippen LogP contribution in [0.2, 0.25) is 15.1 Å². The Balaban J connectivity index is 1.64. The molecule has 1 atom stereocenters. The predicted octanol–water partition coefficient (Wildman–Crippen LogP) is 5.50. The van der Waals surface area contributed by atoms with E-state index in [1.165, 1.54) is 0 Å². The molecule has 2 aromatic carbocycles. The zero-order chi connectivity index (χ0) is 19.2. The van der Waals surface area contributed by atoms with Crippen LogP contribution in [0.15, 0.2) is 30.3 Å². The first-order valence-electron chi connectivity index (χ1n) is 8.82. The minimum absolute atomic E-state index is 0.267. The Kier molecular flexibility index (Phi) is 7.50. The fourth-order valence-electron chi connectivity index (χ4n) is 2.99. The van der Waals surface area contributed by atoms with Crippen molar-refractivity contribution in [1.82, 2.24) is 5.32 Å². The van der Waals surface area contributed by atoms with E-state index in [0.717, 1.165) is 37.1 Å². The van der Waals surface area contributed by atoms with Crippen molar-refractivity contribution < 1.29 is 14.2 Å². The molecule has 146 valence electrons. The summed E-state index contributed by atoms with van der Waals surface area (Å²) in [6, 6.07) is 9.09. The average Bonchev–Trinajstić information content (AvgIpc) is 3.15. The molecule has 7 heteroatoms. The van der Waals surface area contributed by atoms with Gasteiger partial charge in [-0.05, 0) is 42.7 Å². The Hall–Kier alpha value is -1.17. The van der Waals surface area contributed by atoms with E-state index < -0.39 is 0 Å². The van der Waals surface area contributed by atoms with Gasteiger partial charge in [0.25, 0.3) is 0 Å². The van der Waals surface area contributed by atoms with E-state index in [9.17, 15) is 0 Å². The van der Waals surface area contributed by atoms with Crippen molar-refractivity contribution >= 4 is 34.8 Å². The molecular weight excluding hydrogens is 409 g/mol. The van der Waals surface area contributed by atoms with Gasteiger partial charge in [0.15, 0.2) is 11.5 Å². The highest BCUT2D eigenvalue weighted by Gasteiger charge is 2.16. The number of nitrogens with one attached hydrogen (secondary N) is 1. The van der Waals surface area contributed by atoms with Crippen molar-refractivity contribution in [3.05, 3.63) is 56.5 Å². The van der Waals surface area contributed by atoms with Crippen molar-refractivity contribution in [3.8, 4) is 11.5 Å². The van der Waals surface area contributed by atoms with E-state index in [2.05, 4.69) is 5.32 Å². The van der Waals surface area contributed by atoms with Gasteiger partial charge >= 0.3 is 0 Å². The summed E-state index contributed by atoms with van der Waals surface area (Å²) in [4.78, 5) is 0. The Morgan fingerprint density at radius 1 is 1.15 bits per heavy atom. The van der Waals surface area contributed by atoms with Crippen LogP contribution in [0.1, 0.15) is 24.0 Å². The summed E-state index contributed by atoms with van der Waals surface area (Å²) in [6.45, 7) is 2.63. The number of ether oxygens (including phenoxy) is 3. The Morgan fingerprint density at radius 3 is 2.70 bits per heavy atom. The molecule has 27 heavy (non-hydrogen) atoms. The van der Waals surface area contributed by atoms with Crippen LogP contribution in [-0.4, -0.2) is 26.4 Å². The molecular formula is C20H22Cl3NO3. The third-order valence-corrected chi connectivity index (χ3v) is 5.27. The number of rotatable bonds is 8. The predicted molar refractivity (Wildman–Crippen MR) is 109 cm³/mol. The van der Waals surface area contributed by atoms with Gasteiger partial charge in [0.1, 0.15) is 6.61 Å². The molecule has 0 unspecified atom stereocenters. The second-order valence-electron chi connectivity index (χ2n) is 6.40. The van der Waals surface area contributed by atoms with Crippen LogP contribution in [0.25, 0.3) is 0 Å². The molecule has 0 amide bonds. The average molecular weight is 431 g/mol. The van der Waals surface area contributed by atoms with Crippen molar-refractivity contribution in [2.75, 3.05) is 20.3 Å². The van der Waals surface area contributed by atoms with E-state index in [0.29, 0.717) is 39.2 Å². The molecule has 0 aliphatic carbocycles. The molecule has 1 aliphatic heterocycles. The molecule has 1 heterocycles. The summed E-state index contributed by atoms with van der Waals surface area (Å²) >= 11 is 18.6. The second-order valence-corrected chi connectivity index (χ2v) is 7.65. The number of hydrogen-bond donors (Lipinski definition) is 1. The van der Waals surface area contributed by atoms with Crippen molar-refractivity contribution in [3.63, 3.8) is 0 Å². The number of methoxy groups -OCH3 is 1. The van der Waals surface area contributed by atoms with Gasteiger partial charge in [-0.3, -0.25) is 0 Å². The monoisotopic (exact) mass is 429 g/mol. The Bertz CT molecular complexity index is 779. The lowest BCUT2D eigenvalue weighted by Gasteiger charge is -2.16. The summed E-state index contributed by atoms with van der Waals surface area (Å²) < 4.78 is 17.0. The van der Waals surface area contributed by atoms with Crippen LogP contribution in [-0.2, 0) is 17.9 Å². The van der Waals surface area contributed by atoms with Crippen molar-refractivity contribution in [2.24, 2.45) is 0 Å². The largest absolute Gasteiger partial charge is 0.493 e. The van der Waals surface area contributed by atoms with Gasteiger partial charge in [0.2, 0.25) is 0 Å². The van der Waals surface area contributed by atoms with Gasteiger partial charge < -0.3 is 19.5 Å². The molecule has 0 spiro atoms. The maximum atomic E-state index is 6.44. The normalized spacial score (nSPS) is 16.5. The van der Waals surface area contributed by atoms with Gasteiger partial charge in [0.05, 0.1) is 18.2 Å². The molecule has 1 fully saturated rings. The molecule has 2 aromatic rings. The van der Waals surface area contributed by atoms with E-state index in [1.807, 2.05) is 18.2 Å². The summed E-state index contributed by atoms with van der Waals surface area (Å²) in [5.74, 6) is 1.08. The molecule has 0 saturated carbocycles. The highest BCUT2D eigenvalue weighted by Crippen LogP contribution is 2.37. The lowest BCUT2D eigenvalue weighted by atomic mass is 10.2. The first kappa shape index (κ1) is 20.6. The van der Waals surface area contributed by atoms with E-state index >= 15 is 0 Å². The topological polar surface area (TPSA) is 39.7 Å². The molecule has 1 saturated heterocycles. The third-order valence-electron chi connectivity index (χ3n) is 4.40. The summed E-state index contributed by atoms with van der Waals surface area (Å²) in [5, 5.41) is 5.03. The number of hydrogen-bond acceptors (Lipinski definition) is 4. The SMILES string of the molecule is COc1cc(CNC[C@@H]2CCCO2)cc(Cl)c1OCc1ccc(Cl)cc1Cl.